The smallest absolute Gasteiger partial charge is 0.0761 e. The van der Waals surface area contributed by atoms with Gasteiger partial charge in [0.15, 0.2) is 0 Å². The third-order valence-corrected chi connectivity index (χ3v) is 1.83. The molecule has 0 amide bonds. The largest absolute Gasteiger partial charge is 0.370 e. The van der Waals surface area contributed by atoms with E-state index in [0.29, 0.717) is 6.10 Å². The van der Waals surface area contributed by atoms with E-state index in [1.54, 1.807) is 0 Å². The van der Waals surface area contributed by atoms with E-state index in [-0.39, 0.29) is 0 Å². The maximum absolute atomic E-state index is 5.30. The summed E-state index contributed by atoms with van der Waals surface area (Å²) in [4.78, 5) is 0. The summed E-state index contributed by atoms with van der Waals surface area (Å²) in [5.41, 5.74) is 2.81. The van der Waals surface area contributed by atoms with Gasteiger partial charge < -0.3 is 4.74 Å². The molecule has 1 atom stereocenters. The minimum absolute atomic E-state index is 0.370. The average molecular weight is 112 g/mol. The van der Waals surface area contributed by atoms with Gasteiger partial charge >= 0.3 is 0 Å². The molecule has 1 unspecified atom stereocenters. The quantitative estimate of drug-likeness (QED) is 0.434. The summed E-state index contributed by atoms with van der Waals surface area (Å²) in [5.74, 6) is 0. The van der Waals surface area contributed by atoms with Gasteiger partial charge in [0.2, 0.25) is 0 Å². The van der Waals surface area contributed by atoms with Crippen molar-refractivity contribution in [3.63, 3.8) is 0 Å². The third kappa shape index (κ3) is 0.781. The molecule has 1 heterocycles. The molecule has 0 radical (unpaired) electrons. The molecule has 1 aliphatic rings. The van der Waals surface area contributed by atoms with Crippen molar-refractivity contribution >= 4 is 0 Å². The molecule has 0 aliphatic carbocycles. The highest BCUT2D eigenvalue weighted by molar-refractivity contribution is 5.17. The van der Waals surface area contributed by atoms with Gasteiger partial charge in [-0.25, -0.2) is 0 Å². The molecule has 1 aliphatic heterocycles. The lowest BCUT2D eigenvalue weighted by molar-refractivity contribution is 0.133. The Hall–Kier alpha value is -0.300. The molecule has 8 heavy (non-hydrogen) atoms. The lowest BCUT2D eigenvalue weighted by atomic mass is 10.1. The second kappa shape index (κ2) is 1.90. The van der Waals surface area contributed by atoms with Gasteiger partial charge in [0.1, 0.15) is 0 Å². The van der Waals surface area contributed by atoms with Crippen LogP contribution in [0.25, 0.3) is 0 Å². The summed E-state index contributed by atoms with van der Waals surface area (Å²) in [5, 5.41) is 0. The molecule has 0 aromatic carbocycles. The zero-order chi connectivity index (χ0) is 6.15. The van der Waals surface area contributed by atoms with Gasteiger partial charge in [-0.05, 0) is 31.9 Å². The van der Waals surface area contributed by atoms with E-state index >= 15 is 0 Å². The van der Waals surface area contributed by atoms with Crippen LogP contribution in [0.5, 0.6) is 0 Å². The molecular formula is C7H12O. The number of hydrogen-bond acceptors (Lipinski definition) is 1. The van der Waals surface area contributed by atoms with Crippen LogP contribution < -0.4 is 0 Å². The van der Waals surface area contributed by atoms with E-state index in [9.17, 15) is 0 Å². The summed E-state index contributed by atoms with van der Waals surface area (Å²) in [6.45, 7) is 7.19. The van der Waals surface area contributed by atoms with Gasteiger partial charge in [0, 0.05) is 0 Å². The molecule has 46 valence electrons. The van der Waals surface area contributed by atoms with Gasteiger partial charge in [-0.15, -0.1) is 0 Å². The van der Waals surface area contributed by atoms with E-state index < -0.39 is 0 Å². The van der Waals surface area contributed by atoms with Crippen LogP contribution in [0.15, 0.2) is 11.1 Å². The Morgan fingerprint density at radius 3 is 2.25 bits per heavy atom. The topological polar surface area (TPSA) is 9.23 Å². The second-order valence-electron chi connectivity index (χ2n) is 2.42. The molecule has 0 N–H and O–H groups in total. The van der Waals surface area contributed by atoms with Crippen LogP contribution in [0, 0.1) is 0 Å². The minimum Gasteiger partial charge on any atom is -0.370 e. The fourth-order valence-electron chi connectivity index (χ4n) is 0.836. The molecule has 1 heteroatoms. The van der Waals surface area contributed by atoms with Gasteiger partial charge in [0.25, 0.3) is 0 Å². The summed E-state index contributed by atoms with van der Waals surface area (Å²) >= 11 is 0. The summed E-state index contributed by atoms with van der Waals surface area (Å²) < 4.78 is 5.30. The molecule has 1 nitrogen and oxygen atoms in total. The standard InChI is InChI=1S/C7H12O/c1-5-4-8-7(3)6(5)2/h7H,4H2,1-3H3. The summed E-state index contributed by atoms with van der Waals surface area (Å²) in [6, 6.07) is 0. The lowest BCUT2D eigenvalue weighted by Gasteiger charge is -2.00. The van der Waals surface area contributed by atoms with E-state index in [4.69, 9.17) is 4.74 Å². The van der Waals surface area contributed by atoms with Crippen molar-refractivity contribution in [1.29, 1.82) is 0 Å². The van der Waals surface area contributed by atoms with Crippen LogP contribution in [0.2, 0.25) is 0 Å². The fourth-order valence-corrected chi connectivity index (χ4v) is 0.836. The Kier molecular flexibility index (Phi) is 1.39. The van der Waals surface area contributed by atoms with Crippen LogP contribution in [0.3, 0.4) is 0 Å². The van der Waals surface area contributed by atoms with E-state index in [1.165, 1.54) is 11.1 Å². The van der Waals surface area contributed by atoms with Gasteiger partial charge in [0.05, 0.1) is 12.7 Å². The van der Waals surface area contributed by atoms with Crippen molar-refractivity contribution in [3.05, 3.63) is 11.1 Å². The van der Waals surface area contributed by atoms with Crippen molar-refractivity contribution in [1.82, 2.24) is 0 Å². The third-order valence-electron chi connectivity index (χ3n) is 1.83. The van der Waals surface area contributed by atoms with Crippen molar-refractivity contribution in [2.24, 2.45) is 0 Å². The van der Waals surface area contributed by atoms with Crippen LogP contribution in [-0.2, 0) is 4.74 Å². The number of ether oxygens (including phenoxy) is 1. The maximum atomic E-state index is 5.30. The monoisotopic (exact) mass is 112 g/mol. The van der Waals surface area contributed by atoms with Crippen molar-refractivity contribution in [2.45, 2.75) is 26.9 Å². The Balaban J connectivity index is 2.71. The highest BCUT2D eigenvalue weighted by atomic mass is 16.5. The normalized spacial score (nSPS) is 29.6. The Morgan fingerprint density at radius 2 is 2.12 bits per heavy atom. The first kappa shape index (κ1) is 5.83. The van der Waals surface area contributed by atoms with Gasteiger partial charge in [-0.2, -0.15) is 0 Å². The van der Waals surface area contributed by atoms with Gasteiger partial charge in [-0.3, -0.25) is 0 Å². The summed E-state index contributed by atoms with van der Waals surface area (Å²) in [7, 11) is 0. The van der Waals surface area contributed by atoms with Crippen LogP contribution in [0.4, 0.5) is 0 Å². The highest BCUT2D eigenvalue weighted by Crippen LogP contribution is 2.18. The van der Waals surface area contributed by atoms with Crippen molar-refractivity contribution in [2.75, 3.05) is 6.61 Å². The van der Waals surface area contributed by atoms with Crippen molar-refractivity contribution in [3.8, 4) is 0 Å². The van der Waals surface area contributed by atoms with Crippen molar-refractivity contribution < 1.29 is 4.74 Å². The molecular weight excluding hydrogens is 100 g/mol. The highest BCUT2D eigenvalue weighted by Gasteiger charge is 2.14. The number of hydrogen-bond donors (Lipinski definition) is 0. The Labute approximate surface area is 50.3 Å². The van der Waals surface area contributed by atoms with Crippen LogP contribution >= 0.6 is 0 Å². The first-order valence-electron chi connectivity index (χ1n) is 2.99. The second-order valence-corrected chi connectivity index (χ2v) is 2.42. The predicted octanol–water partition coefficient (Wildman–Crippen LogP) is 1.74. The molecule has 0 bridgehead atoms. The number of rotatable bonds is 0. The lowest BCUT2D eigenvalue weighted by Crippen LogP contribution is -2.00. The van der Waals surface area contributed by atoms with Crippen LogP contribution in [-0.4, -0.2) is 12.7 Å². The van der Waals surface area contributed by atoms with E-state index in [2.05, 4.69) is 20.8 Å². The maximum Gasteiger partial charge on any atom is 0.0761 e. The first-order valence-corrected chi connectivity index (χ1v) is 2.99. The molecule has 0 saturated heterocycles. The average Bonchev–Trinajstić information content (AvgIpc) is 1.98. The molecule has 1 rings (SSSR count). The Bertz CT molecular complexity index is 124. The van der Waals surface area contributed by atoms with E-state index in [0.717, 1.165) is 6.61 Å². The zero-order valence-corrected chi connectivity index (χ0v) is 5.69. The summed E-state index contributed by atoms with van der Waals surface area (Å²) in [6.07, 6.45) is 0.370. The fraction of sp³-hybridized carbons (Fsp3) is 0.714. The van der Waals surface area contributed by atoms with Crippen LogP contribution in [0.1, 0.15) is 20.8 Å². The SMILES string of the molecule is CC1=C(C)C(C)OC1. The molecule has 0 fully saturated rings. The predicted molar refractivity (Wildman–Crippen MR) is 33.8 cm³/mol. The Morgan fingerprint density at radius 1 is 1.50 bits per heavy atom. The molecule has 0 aromatic rings. The first-order chi connectivity index (χ1) is 3.72. The van der Waals surface area contributed by atoms with Gasteiger partial charge in [-0.1, -0.05) is 0 Å². The molecule has 0 aromatic heterocycles. The molecule has 0 spiro atoms. The zero-order valence-electron chi connectivity index (χ0n) is 5.69. The van der Waals surface area contributed by atoms with E-state index in [1.807, 2.05) is 0 Å². The minimum atomic E-state index is 0.370. The molecule has 0 saturated carbocycles.